The summed E-state index contributed by atoms with van der Waals surface area (Å²) in [6, 6.07) is 6.89. The highest BCUT2D eigenvalue weighted by Gasteiger charge is 2.25. The van der Waals surface area contributed by atoms with Crippen LogP contribution in [0.1, 0.15) is 58.6 Å². The summed E-state index contributed by atoms with van der Waals surface area (Å²) in [5.41, 5.74) is 11.7. The molecule has 1 atom stereocenters. The molecule has 8 nitrogen and oxygen atoms in total. The van der Waals surface area contributed by atoms with Gasteiger partial charge in [-0.3, -0.25) is 20.4 Å². The molecule has 1 rings (SSSR count). The van der Waals surface area contributed by atoms with Gasteiger partial charge in [-0.15, -0.1) is 0 Å². The molecule has 0 radical (unpaired) electrons. The maximum absolute atomic E-state index is 12.4. The number of carbonyl (C=O) groups is 3. The monoisotopic (exact) mass is 406 g/mol. The van der Waals surface area contributed by atoms with Crippen molar-refractivity contribution in [3.8, 4) is 0 Å². The van der Waals surface area contributed by atoms with Crippen molar-refractivity contribution in [1.82, 2.24) is 16.2 Å². The van der Waals surface area contributed by atoms with Gasteiger partial charge in [-0.1, -0.05) is 38.1 Å². The quantitative estimate of drug-likeness (QED) is 0.493. The zero-order valence-electron chi connectivity index (χ0n) is 18.0. The van der Waals surface area contributed by atoms with Crippen molar-refractivity contribution < 1.29 is 19.1 Å². The lowest BCUT2D eigenvalue weighted by Crippen LogP contribution is -2.53. The Morgan fingerprint density at radius 3 is 2.14 bits per heavy atom. The van der Waals surface area contributed by atoms with Gasteiger partial charge in [0.1, 0.15) is 11.6 Å². The van der Waals surface area contributed by atoms with E-state index in [4.69, 9.17) is 10.5 Å². The Labute approximate surface area is 172 Å². The Morgan fingerprint density at radius 2 is 1.62 bits per heavy atom. The number of aryl methyl sites for hydroxylation is 1. The molecule has 0 saturated heterocycles. The summed E-state index contributed by atoms with van der Waals surface area (Å²) >= 11 is 0. The SMILES string of the molecule is CC(C)C[C@@H](NC(=O)OC(C)(C)C)C(=O)NNC(=O)CCc1ccc(CN)cc1. The summed E-state index contributed by atoms with van der Waals surface area (Å²) in [6.07, 6.45) is 0.494. The van der Waals surface area contributed by atoms with Crippen molar-refractivity contribution in [2.45, 2.75) is 72.1 Å². The highest BCUT2D eigenvalue weighted by atomic mass is 16.6. The third-order valence-corrected chi connectivity index (χ3v) is 3.94. The fourth-order valence-electron chi connectivity index (χ4n) is 2.53. The van der Waals surface area contributed by atoms with E-state index in [1.165, 1.54) is 0 Å². The van der Waals surface area contributed by atoms with Gasteiger partial charge in [-0.2, -0.15) is 0 Å². The average molecular weight is 407 g/mol. The van der Waals surface area contributed by atoms with Crippen LogP contribution in [0.15, 0.2) is 24.3 Å². The Hall–Kier alpha value is -2.61. The first kappa shape index (κ1) is 24.4. The van der Waals surface area contributed by atoms with Crippen LogP contribution in [-0.2, 0) is 27.3 Å². The van der Waals surface area contributed by atoms with Crippen LogP contribution < -0.4 is 21.9 Å². The normalized spacial score (nSPS) is 12.2. The first-order valence-corrected chi connectivity index (χ1v) is 9.86. The maximum Gasteiger partial charge on any atom is 0.408 e. The minimum absolute atomic E-state index is 0.160. The molecule has 29 heavy (non-hydrogen) atoms. The zero-order chi connectivity index (χ0) is 22.0. The number of rotatable bonds is 8. The molecule has 0 spiro atoms. The molecule has 0 aliphatic rings. The number of hydrogen-bond acceptors (Lipinski definition) is 5. The number of alkyl carbamates (subject to hydrolysis) is 1. The summed E-state index contributed by atoms with van der Waals surface area (Å²) in [4.78, 5) is 36.5. The predicted octanol–water partition coefficient (Wildman–Crippen LogP) is 2.16. The fourth-order valence-corrected chi connectivity index (χ4v) is 2.53. The van der Waals surface area contributed by atoms with E-state index in [-0.39, 0.29) is 18.2 Å². The summed E-state index contributed by atoms with van der Waals surface area (Å²) in [5, 5.41) is 2.56. The van der Waals surface area contributed by atoms with Crippen molar-refractivity contribution in [1.29, 1.82) is 0 Å². The number of nitrogens with one attached hydrogen (secondary N) is 3. The first-order valence-electron chi connectivity index (χ1n) is 9.86. The van der Waals surface area contributed by atoms with Crippen LogP contribution in [0.2, 0.25) is 0 Å². The van der Waals surface area contributed by atoms with Crippen LogP contribution in [0, 0.1) is 5.92 Å². The van der Waals surface area contributed by atoms with Crippen LogP contribution in [0.5, 0.6) is 0 Å². The summed E-state index contributed by atoms with van der Waals surface area (Å²) in [6.45, 7) is 9.58. The summed E-state index contributed by atoms with van der Waals surface area (Å²) in [5.74, 6) is -0.653. The molecule has 1 aromatic rings. The lowest BCUT2D eigenvalue weighted by molar-refractivity contribution is -0.130. The molecule has 8 heteroatoms. The van der Waals surface area contributed by atoms with Crippen LogP contribution in [0.4, 0.5) is 4.79 Å². The van der Waals surface area contributed by atoms with E-state index in [2.05, 4.69) is 16.2 Å². The van der Waals surface area contributed by atoms with Crippen LogP contribution in [0.25, 0.3) is 0 Å². The molecule has 0 fully saturated rings. The number of carbonyl (C=O) groups excluding carboxylic acids is 3. The molecule has 162 valence electrons. The largest absolute Gasteiger partial charge is 0.444 e. The minimum Gasteiger partial charge on any atom is -0.444 e. The smallest absolute Gasteiger partial charge is 0.408 e. The van der Waals surface area contributed by atoms with Gasteiger partial charge in [-0.25, -0.2) is 4.79 Å². The molecule has 3 amide bonds. The lowest BCUT2D eigenvalue weighted by Gasteiger charge is -2.24. The van der Waals surface area contributed by atoms with Crippen molar-refractivity contribution in [3.05, 3.63) is 35.4 Å². The number of hydrogen-bond donors (Lipinski definition) is 4. The molecule has 0 unspecified atom stereocenters. The van der Waals surface area contributed by atoms with Gasteiger partial charge in [0, 0.05) is 13.0 Å². The van der Waals surface area contributed by atoms with E-state index in [9.17, 15) is 14.4 Å². The Morgan fingerprint density at radius 1 is 1.03 bits per heavy atom. The molecule has 0 bridgehead atoms. The third kappa shape index (κ3) is 10.5. The van der Waals surface area contributed by atoms with Crippen molar-refractivity contribution >= 4 is 17.9 Å². The molecule has 5 N–H and O–H groups in total. The second kappa shape index (κ2) is 11.4. The average Bonchev–Trinajstić information content (AvgIpc) is 2.62. The van der Waals surface area contributed by atoms with E-state index in [1.54, 1.807) is 20.8 Å². The first-order chi connectivity index (χ1) is 13.5. The molecule has 1 aromatic carbocycles. The van der Waals surface area contributed by atoms with Crippen LogP contribution in [-0.4, -0.2) is 29.6 Å². The number of benzene rings is 1. The van der Waals surface area contributed by atoms with E-state index in [1.807, 2.05) is 38.1 Å². The van der Waals surface area contributed by atoms with Crippen LogP contribution >= 0.6 is 0 Å². The minimum atomic E-state index is -0.811. The van der Waals surface area contributed by atoms with Crippen molar-refractivity contribution in [2.75, 3.05) is 0 Å². The highest BCUT2D eigenvalue weighted by Crippen LogP contribution is 2.10. The number of amides is 3. The standard InChI is InChI=1S/C21H34N4O4/c1-14(2)12-17(23-20(28)29-21(3,4)5)19(27)25-24-18(26)11-10-15-6-8-16(13-22)9-7-15/h6-9,14,17H,10-13,22H2,1-5H3,(H,23,28)(H,24,26)(H,25,27)/t17-/m1/s1. The molecule has 0 aliphatic carbocycles. The third-order valence-electron chi connectivity index (χ3n) is 3.94. The van der Waals surface area contributed by atoms with Gasteiger partial charge >= 0.3 is 6.09 Å². The highest BCUT2D eigenvalue weighted by molar-refractivity contribution is 5.87. The van der Waals surface area contributed by atoms with Gasteiger partial charge in [-0.05, 0) is 50.7 Å². The number of ether oxygens (including phenoxy) is 1. The predicted molar refractivity (Wildman–Crippen MR) is 112 cm³/mol. The van der Waals surface area contributed by atoms with E-state index < -0.39 is 23.6 Å². The van der Waals surface area contributed by atoms with Gasteiger partial charge in [0.15, 0.2) is 0 Å². The van der Waals surface area contributed by atoms with Crippen molar-refractivity contribution in [3.63, 3.8) is 0 Å². The lowest BCUT2D eigenvalue weighted by atomic mass is 10.0. The Kier molecular flexibility index (Phi) is 9.61. The summed E-state index contributed by atoms with van der Waals surface area (Å²) in [7, 11) is 0. The van der Waals surface area contributed by atoms with E-state index in [0.29, 0.717) is 19.4 Å². The Balaban J connectivity index is 2.51. The molecular formula is C21H34N4O4. The van der Waals surface area contributed by atoms with E-state index in [0.717, 1.165) is 11.1 Å². The van der Waals surface area contributed by atoms with Crippen molar-refractivity contribution in [2.24, 2.45) is 11.7 Å². The topological polar surface area (TPSA) is 123 Å². The molecular weight excluding hydrogens is 372 g/mol. The second-order valence-electron chi connectivity index (χ2n) is 8.39. The second-order valence-corrected chi connectivity index (χ2v) is 8.39. The molecule has 0 heterocycles. The van der Waals surface area contributed by atoms with Crippen LogP contribution in [0.3, 0.4) is 0 Å². The Bertz CT molecular complexity index is 681. The fraction of sp³-hybridized carbons (Fsp3) is 0.571. The van der Waals surface area contributed by atoms with Gasteiger partial charge in [0.25, 0.3) is 5.91 Å². The number of nitrogens with two attached hydrogens (primary N) is 1. The molecule has 0 aliphatic heterocycles. The molecule has 0 saturated carbocycles. The van der Waals surface area contributed by atoms with Gasteiger partial charge in [0.05, 0.1) is 0 Å². The van der Waals surface area contributed by atoms with Gasteiger partial charge in [0.2, 0.25) is 5.91 Å². The van der Waals surface area contributed by atoms with Gasteiger partial charge < -0.3 is 15.8 Å². The zero-order valence-corrected chi connectivity index (χ0v) is 18.0. The molecule has 0 aromatic heterocycles. The maximum atomic E-state index is 12.4. The number of hydrazine groups is 1. The van der Waals surface area contributed by atoms with E-state index >= 15 is 0 Å². The summed E-state index contributed by atoms with van der Waals surface area (Å²) < 4.78 is 5.20.